The van der Waals surface area contributed by atoms with E-state index in [-0.39, 0.29) is 11.2 Å². The van der Waals surface area contributed by atoms with Gasteiger partial charge < -0.3 is 4.74 Å². The first-order valence-corrected chi connectivity index (χ1v) is 7.94. The molecule has 0 fully saturated rings. The van der Waals surface area contributed by atoms with Gasteiger partial charge in [-0.1, -0.05) is 44.2 Å². The van der Waals surface area contributed by atoms with Crippen molar-refractivity contribution in [2.24, 2.45) is 0 Å². The van der Waals surface area contributed by atoms with Crippen LogP contribution in [0.15, 0.2) is 48.5 Å². The van der Waals surface area contributed by atoms with E-state index < -0.39 is 5.97 Å². The maximum Gasteiger partial charge on any atom is 0.308 e. The smallest absolute Gasteiger partial charge is 0.308 e. The second kappa shape index (κ2) is 4.91. The number of hydrogen-bond acceptors (Lipinski definition) is 2. The third kappa shape index (κ3) is 1.97. The van der Waals surface area contributed by atoms with Gasteiger partial charge in [-0.25, -0.2) is 4.39 Å². The largest absolute Gasteiger partial charge is 0.426 e. The number of benzene rings is 3. The Kier molecular flexibility index (Phi) is 3.04. The van der Waals surface area contributed by atoms with Crippen LogP contribution in [0.25, 0.3) is 21.9 Å². The molecule has 0 N–H and O–H groups in total. The summed E-state index contributed by atoms with van der Waals surface area (Å²) in [5.74, 6) is -0.277. The van der Waals surface area contributed by atoms with Gasteiger partial charge in [-0.2, -0.15) is 0 Å². The Hall–Kier alpha value is -2.68. The van der Waals surface area contributed by atoms with Crippen LogP contribution < -0.4 is 4.74 Å². The molecule has 0 heterocycles. The van der Waals surface area contributed by atoms with E-state index in [1.165, 1.54) is 24.6 Å². The molecule has 1 aliphatic carbocycles. The van der Waals surface area contributed by atoms with Crippen LogP contribution in [0.2, 0.25) is 0 Å². The van der Waals surface area contributed by atoms with Gasteiger partial charge in [-0.3, -0.25) is 4.79 Å². The molecule has 3 heteroatoms. The van der Waals surface area contributed by atoms with Crippen molar-refractivity contribution in [3.63, 3.8) is 0 Å². The zero-order valence-corrected chi connectivity index (χ0v) is 13.8. The molecule has 0 bridgehead atoms. The summed E-state index contributed by atoms with van der Waals surface area (Å²) in [6.45, 7) is 5.59. The molecule has 0 amide bonds. The summed E-state index contributed by atoms with van der Waals surface area (Å²) in [7, 11) is 0. The number of halogens is 1. The van der Waals surface area contributed by atoms with Crippen molar-refractivity contribution >= 4 is 16.7 Å². The molecule has 0 aliphatic heterocycles. The van der Waals surface area contributed by atoms with Gasteiger partial charge >= 0.3 is 5.97 Å². The molecule has 0 saturated heterocycles. The predicted octanol–water partition coefficient (Wildman–Crippen LogP) is 5.21. The Morgan fingerprint density at radius 2 is 1.79 bits per heavy atom. The summed E-state index contributed by atoms with van der Waals surface area (Å²) < 4.78 is 19.4. The first-order chi connectivity index (χ1) is 11.4. The predicted molar refractivity (Wildman–Crippen MR) is 92.8 cm³/mol. The summed E-state index contributed by atoms with van der Waals surface area (Å²) in [4.78, 5) is 11.7. The molecule has 3 aromatic rings. The highest BCUT2D eigenvalue weighted by atomic mass is 19.1. The maximum atomic E-state index is 13.8. The Labute approximate surface area is 139 Å². The fourth-order valence-corrected chi connectivity index (χ4v) is 3.82. The van der Waals surface area contributed by atoms with Gasteiger partial charge in [0.25, 0.3) is 0 Å². The number of esters is 1. The topological polar surface area (TPSA) is 26.3 Å². The lowest BCUT2D eigenvalue weighted by atomic mass is 9.81. The Morgan fingerprint density at radius 3 is 2.54 bits per heavy atom. The molecular formula is C21H17FO2. The van der Waals surface area contributed by atoms with Gasteiger partial charge in [0, 0.05) is 23.3 Å². The molecule has 0 unspecified atom stereocenters. The third-order valence-corrected chi connectivity index (χ3v) is 4.82. The quantitative estimate of drug-likeness (QED) is 0.454. The van der Waals surface area contributed by atoms with Gasteiger partial charge in [0.1, 0.15) is 11.6 Å². The highest BCUT2D eigenvalue weighted by molar-refractivity contribution is 6.00. The van der Waals surface area contributed by atoms with Crippen LogP contribution in [-0.4, -0.2) is 5.97 Å². The molecule has 4 rings (SSSR count). The highest BCUT2D eigenvalue weighted by Crippen LogP contribution is 2.54. The Morgan fingerprint density at radius 1 is 1.04 bits per heavy atom. The molecule has 0 radical (unpaired) electrons. The molecule has 0 spiro atoms. The SMILES string of the molecule is CC(=O)Oc1c2c(cc3ccc(F)cc13)-c1ccccc1C2(C)C. The summed E-state index contributed by atoms with van der Waals surface area (Å²) >= 11 is 0. The van der Waals surface area contributed by atoms with Gasteiger partial charge in [-0.05, 0) is 40.3 Å². The molecule has 120 valence electrons. The molecule has 24 heavy (non-hydrogen) atoms. The van der Waals surface area contributed by atoms with E-state index in [0.29, 0.717) is 11.1 Å². The van der Waals surface area contributed by atoms with Crippen molar-refractivity contribution in [3.8, 4) is 16.9 Å². The lowest BCUT2D eigenvalue weighted by Crippen LogP contribution is -2.17. The summed E-state index contributed by atoms with van der Waals surface area (Å²) in [5, 5.41) is 1.49. The van der Waals surface area contributed by atoms with Crippen LogP contribution in [0.5, 0.6) is 5.75 Å². The van der Waals surface area contributed by atoms with Gasteiger partial charge in [0.05, 0.1) is 0 Å². The van der Waals surface area contributed by atoms with Crippen LogP contribution in [0, 0.1) is 5.82 Å². The zero-order valence-electron chi connectivity index (χ0n) is 13.8. The molecule has 1 aliphatic rings. The number of fused-ring (bicyclic) bond motifs is 4. The fraction of sp³-hybridized carbons (Fsp3) is 0.190. The monoisotopic (exact) mass is 320 g/mol. The fourth-order valence-electron chi connectivity index (χ4n) is 3.82. The normalized spacial score (nSPS) is 14.3. The van der Waals surface area contributed by atoms with Crippen molar-refractivity contribution in [3.05, 3.63) is 65.5 Å². The Bertz CT molecular complexity index is 1000. The van der Waals surface area contributed by atoms with Crippen molar-refractivity contribution in [2.75, 3.05) is 0 Å². The highest BCUT2D eigenvalue weighted by Gasteiger charge is 2.39. The number of rotatable bonds is 1. The van der Waals surface area contributed by atoms with Crippen LogP contribution in [0.4, 0.5) is 4.39 Å². The number of hydrogen-bond donors (Lipinski definition) is 0. The van der Waals surface area contributed by atoms with Crippen LogP contribution >= 0.6 is 0 Å². The molecule has 3 aromatic carbocycles. The summed E-state index contributed by atoms with van der Waals surface area (Å²) in [6, 6.07) is 14.8. The number of carbonyl (C=O) groups is 1. The lowest BCUT2D eigenvalue weighted by Gasteiger charge is -2.24. The summed E-state index contributed by atoms with van der Waals surface area (Å²) in [5.41, 5.74) is 3.99. The van der Waals surface area contributed by atoms with E-state index in [1.807, 2.05) is 12.1 Å². The van der Waals surface area contributed by atoms with E-state index in [1.54, 1.807) is 6.07 Å². The van der Waals surface area contributed by atoms with Crippen molar-refractivity contribution in [1.29, 1.82) is 0 Å². The van der Waals surface area contributed by atoms with Crippen LogP contribution in [-0.2, 0) is 10.2 Å². The van der Waals surface area contributed by atoms with Crippen molar-refractivity contribution in [1.82, 2.24) is 0 Å². The molecule has 2 nitrogen and oxygen atoms in total. The average Bonchev–Trinajstić information content (AvgIpc) is 2.76. The minimum absolute atomic E-state index is 0.322. The van der Waals surface area contributed by atoms with Crippen LogP contribution in [0.1, 0.15) is 31.9 Å². The maximum absolute atomic E-state index is 13.8. The minimum Gasteiger partial charge on any atom is -0.426 e. The third-order valence-electron chi connectivity index (χ3n) is 4.82. The zero-order chi connectivity index (χ0) is 17.1. The van der Waals surface area contributed by atoms with Crippen molar-refractivity contribution in [2.45, 2.75) is 26.2 Å². The van der Waals surface area contributed by atoms with E-state index in [4.69, 9.17) is 4.74 Å². The van der Waals surface area contributed by atoms with Gasteiger partial charge in [-0.15, -0.1) is 0 Å². The summed E-state index contributed by atoms with van der Waals surface area (Å²) in [6.07, 6.45) is 0. The number of ether oxygens (including phenoxy) is 1. The van der Waals surface area contributed by atoms with Gasteiger partial charge in [0.15, 0.2) is 0 Å². The standard InChI is InChI=1S/C21H17FO2/c1-12(23)24-20-16-11-14(22)9-8-13(16)10-17-15-6-4-5-7-18(15)21(2,3)19(17)20/h4-11H,1-3H3. The number of carbonyl (C=O) groups excluding carboxylic acids is 1. The van der Waals surface area contributed by atoms with Crippen LogP contribution in [0.3, 0.4) is 0 Å². The van der Waals surface area contributed by atoms with E-state index in [0.717, 1.165) is 22.1 Å². The minimum atomic E-state index is -0.402. The first-order valence-electron chi connectivity index (χ1n) is 7.94. The molecular weight excluding hydrogens is 303 g/mol. The van der Waals surface area contributed by atoms with E-state index >= 15 is 0 Å². The average molecular weight is 320 g/mol. The molecule has 0 saturated carbocycles. The lowest BCUT2D eigenvalue weighted by molar-refractivity contribution is -0.131. The van der Waals surface area contributed by atoms with Gasteiger partial charge in [0.2, 0.25) is 0 Å². The first kappa shape index (κ1) is 14.9. The van der Waals surface area contributed by atoms with Crippen molar-refractivity contribution < 1.29 is 13.9 Å². The second-order valence-corrected chi connectivity index (χ2v) is 6.76. The van der Waals surface area contributed by atoms with E-state index in [2.05, 4.69) is 32.0 Å². The second-order valence-electron chi connectivity index (χ2n) is 6.76. The van der Waals surface area contributed by atoms with E-state index in [9.17, 15) is 9.18 Å². The molecule has 0 atom stereocenters. The molecule has 0 aromatic heterocycles. The Balaban J connectivity index is 2.17.